The van der Waals surface area contributed by atoms with Crippen LogP contribution in [0.5, 0.6) is 0 Å². The van der Waals surface area contributed by atoms with Crippen LogP contribution in [0.1, 0.15) is 18.4 Å². The van der Waals surface area contributed by atoms with Crippen molar-refractivity contribution in [1.82, 2.24) is 5.32 Å². The molecule has 0 spiro atoms. The van der Waals surface area contributed by atoms with E-state index in [1.807, 2.05) is 0 Å². The number of rotatable bonds is 8. The Balaban J connectivity index is 2.30. The van der Waals surface area contributed by atoms with Gasteiger partial charge in [-0.15, -0.1) is 0 Å². The van der Waals surface area contributed by atoms with Crippen LogP contribution in [-0.4, -0.2) is 32.2 Å². The molecule has 1 rings (SSSR count). The lowest BCUT2D eigenvalue weighted by Gasteiger charge is -2.12. The first-order valence-corrected chi connectivity index (χ1v) is 6.50. The molecule has 0 aliphatic rings. The zero-order valence-corrected chi connectivity index (χ0v) is 11.5. The van der Waals surface area contributed by atoms with Crippen LogP contribution in [0.4, 0.5) is 8.78 Å². The summed E-state index contributed by atoms with van der Waals surface area (Å²) in [4.78, 5) is 11.6. The summed E-state index contributed by atoms with van der Waals surface area (Å²) in [6, 6.07) is 2.71. The topological polar surface area (TPSA) is 64.3 Å². The van der Waals surface area contributed by atoms with Crippen molar-refractivity contribution < 1.29 is 18.3 Å². The van der Waals surface area contributed by atoms with Crippen LogP contribution in [0.25, 0.3) is 0 Å². The Morgan fingerprint density at radius 1 is 1.35 bits per heavy atom. The lowest BCUT2D eigenvalue weighted by atomic mass is 10.1. The maximum atomic E-state index is 13.0. The molecule has 1 unspecified atom stereocenters. The van der Waals surface area contributed by atoms with Crippen LogP contribution in [0.15, 0.2) is 18.2 Å². The second kappa shape index (κ2) is 8.60. The van der Waals surface area contributed by atoms with Crippen molar-refractivity contribution in [2.24, 2.45) is 5.73 Å². The number of halogens is 2. The number of nitrogens with two attached hydrogens (primary N) is 1. The third-order valence-electron chi connectivity index (χ3n) is 2.84. The van der Waals surface area contributed by atoms with Crippen LogP contribution in [0, 0.1) is 11.6 Å². The van der Waals surface area contributed by atoms with Gasteiger partial charge in [0.05, 0.1) is 6.04 Å². The molecule has 0 aliphatic carbocycles. The van der Waals surface area contributed by atoms with E-state index >= 15 is 0 Å². The molecule has 20 heavy (non-hydrogen) atoms. The fourth-order valence-corrected chi connectivity index (χ4v) is 1.80. The highest BCUT2D eigenvalue weighted by Gasteiger charge is 2.12. The molecule has 1 aromatic carbocycles. The lowest BCUT2D eigenvalue weighted by molar-refractivity contribution is -0.122. The molecule has 0 aliphatic heterocycles. The van der Waals surface area contributed by atoms with Crippen molar-refractivity contribution in [2.75, 3.05) is 20.3 Å². The fourth-order valence-electron chi connectivity index (χ4n) is 1.80. The number of carbonyl (C=O) groups excluding carboxylic acids is 1. The van der Waals surface area contributed by atoms with Gasteiger partial charge >= 0.3 is 0 Å². The zero-order chi connectivity index (χ0) is 15.0. The number of amides is 1. The number of ether oxygens (including phenoxy) is 1. The van der Waals surface area contributed by atoms with Crippen molar-refractivity contribution in [1.29, 1.82) is 0 Å². The predicted molar refractivity (Wildman–Crippen MR) is 72.2 cm³/mol. The van der Waals surface area contributed by atoms with E-state index in [9.17, 15) is 13.6 Å². The van der Waals surface area contributed by atoms with E-state index in [2.05, 4.69) is 5.32 Å². The van der Waals surface area contributed by atoms with Gasteiger partial charge in [-0.25, -0.2) is 8.78 Å². The minimum Gasteiger partial charge on any atom is -0.385 e. The van der Waals surface area contributed by atoms with Gasteiger partial charge in [-0.3, -0.25) is 4.79 Å². The van der Waals surface area contributed by atoms with Gasteiger partial charge in [0, 0.05) is 26.3 Å². The van der Waals surface area contributed by atoms with Gasteiger partial charge in [-0.05, 0) is 37.0 Å². The summed E-state index contributed by atoms with van der Waals surface area (Å²) in [5.74, 6) is -1.51. The Labute approximate surface area is 117 Å². The largest absolute Gasteiger partial charge is 0.385 e. The van der Waals surface area contributed by atoms with Crippen molar-refractivity contribution in [3.63, 3.8) is 0 Å². The standard InChI is InChI=1S/C14H20F2N2O2/c1-20-6-2-3-13(17)14(19)18-5-4-10-7-11(15)9-12(16)8-10/h7-9,13H,2-6,17H2,1H3,(H,18,19). The number of methoxy groups -OCH3 is 1. The van der Waals surface area contributed by atoms with Gasteiger partial charge in [0.15, 0.2) is 0 Å². The van der Waals surface area contributed by atoms with E-state index < -0.39 is 17.7 Å². The fraction of sp³-hybridized carbons (Fsp3) is 0.500. The van der Waals surface area contributed by atoms with E-state index in [1.165, 1.54) is 12.1 Å². The minimum absolute atomic E-state index is 0.266. The molecule has 1 atom stereocenters. The van der Waals surface area contributed by atoms with Gasteiger partial charge in [0.25, 0.3) is 0 Å². The van der Waals surface area contributed by atoms with Gasteiger partial charge < -0.3 is 15.8 Å². The summed E-state index contributed by atoms with van der Waals surface area (Å²) < 4.78 is 30.8. The quantitative estimate of drug-likeness (QED) is 0.710. The maximum absolute atomic E-state index is 13.0. The van der Waals surface area contributed by atoms with Crippen LogP contribution in [-0.2, 0) is 16.0 Å². The molecule has 0 saturated carbocycles. The highest BCUT2D eigenvalue weighted by atomic mass is 19.1. The summed E-state index contributed by atoms with van der Waals surface area (Å²) >= 11 is 0. The first kappa shape index (κ1) is 16.5. The van der Waals surface area contributed by atoms with Crippen LogP contribution < -0.4 is 11.1 Å². The molecule has 0 radical (unpaired) electrons. The molecule has 112 valence electrons. The Kier molecular flexibility index (Phi) is 7.11. The van der Waals surface area contributed by atoms with Gasteiger partial charge in [0.2, 0.25) is 5.91 Å². The van der Waals surface area contributed by atoms with Crippen molar-refractivity contribution in [2.45, 2.75) is 25.3 Å². The minimum atomic E-state index is -0.623. The number of hydrogen-bond donors (Lipinski definition) is 2. The molecule has 0 fully saturated rings. The zero-order valence-electron chi connectivity index (χ0n) is 11.5. The molecule has 0 heterocycles. The first-order chi connectivity index (χ1) is 9.52. The van der Waals surface area contributed by atoms with Gasteiger partial charge in [-0.2, -0.15) is 0 Å². The summed E-state index contributed by atoms with van der Waals surface area (Å²) in [6.45, 7) is 0.850. The molecular weight excluding hydrogens is 266 g/mol. The normalized spacial score (nSPS) is 12.2. The molecule has 4 nitrogen and oxygen atoms in total. The highest BCUT2D eigenvalue weighted by molar-refractivity contribution is 5.81. The van der Waals surface area contributed by atoms with Crippen LogP contribution >= 0.6 is 0 Å². The highest BCUT2D eigenvalue weighted by Crippen LogP contribution is 2.08. The lowest BCUT2D eigenvalue weighted by Crippen LogP contribution is -2.41. The molecule has 1 amide bonds. The predicted octanol–water partition coefficient (Wildman–Crippen LogP) is 1.38. The average Bonchev–Trinajstić information content (AvgIpc) is 2.37. The molecule has 0 bridgehead atoms. The number of hydrogen-bond acceptors (Lipinski definition) is 3. The summed E-state index contributed by atoms with van der Waals surface area (Å²) in [5.41, 5.74) is 6.19. The molecule has 0 aromatic heterocycles. The second-order valence-electron chi connectivity index (χ2n) is 4.56. The average molecular weight is 286 g/mol. The molecular formula is C14H20F2N2O2. The molecule has 6 heteroatoms. The van der Waals surface area contributed by atoms with E-state index in [0.29, 0.717) is 38.0 Å². The molecule has 3 N–H and O–H groups in total. The van der Waals surface area contributed by atoms with Crippen molar-refractivity contribution >= 4 is 5.91 Å². The van der Waals surface area contributed by atoms with Crippen LogP contribution in [0.2, 0.25) is 0 Å². The second-order valence-corrected chi connectivity index (χ2v) is 4.56. The van der Waals surface area contributed by atoms with E-state index in [-0.39, 0.29) is 5.91 Å². The Hall–Kier alpha value is -1.53. The molecule has 1 aromatic rings. The number of carbonyl (C=O) groups is 1. The number of nitrogens with one attached hydrogen (secondary N) is 1. The van der Waals surface area contributed by atoms with Gasteiger partial charge in [0.1, 0.15) is 11.6 Å². The third-order valence-corrected chi connectivity index (χ3v) is 2.84. The van der Waals surface area contributed by atoms with Crippen LogP contribution in [0.3, 0.4) is 0 Å². The molecule has 0 saturated heterocycles. The summed E-state index contributed by atoms with van der Waals surface area (Å²) in [5, 5.41) is 2.65. The van der Waals surface area contributed by atoms with E-state index in [0.717, 1.165) is 6.07 Å². The first-order valence-electron chi connectivity index (χ1n) is 6.50. The number of benzene rings is 1. The van der Waals surface area contributed by atoms with Gasteiger partial charge in [-0.1, -0.05) is 0 Å². The maximum Gasteiger partial charge on any atom is 0.236 e. The van der Waals surface area contributed by atoms with Crippen molar-refractivity contribution in [3.05, 3.63) is 35.4 Å². The Morgan fingerprint density at radius 2 is 2.00 bits per heavy atom. The Morgan fingerprint density at radius 3 is 2.60 bits per heavy atom. The Bertz CT molecular complexity index is 421. The smallest absolute Gasteiger partial charge is 0.236 e. The van der Waals surface area contributed by atoms with E-state index in [1.54, 1.807) is 7.11 Å². The van der Waals surface area contributed by atoms with Crippen molar-refractivity contribution in [3.8, 4) is 0 Å². The summed E-state index contributed by atoms with van der Waals surface area (Å²) in [7, 11) is 1.59. The SMILES string of the molecule is COCCCC(N)C(=O)NCCc1cc(F)cc(F)c1. The monoisotopic (exact) mass is 286 g/mol. The third kappa shape index (κ3) is 6.08. The summed E-state index contributed by atoms with van der Waals surface area (Å²) in [6.07, 6.45) is 1.60. The van der Waals surface area contributed by atoms with E-state index in [4.69, 9.17) is 10.5 Å².